The lowest BCUT2D eigenvalue weighted by Crippen LogP contribution is -2.47. The topological polar surface area (TPSA) is 81.2 Å². The minimum Gasteiger partial charge on any atom is -0.368 e. The van der Waals surface area contributed by atoms with Gasteiger partial charge in [-0.2, -0.15) is 0 Å². The Labute approximate surface area is 317 Å². The number of nitrogens with zero attached hydrogens (tertiary/aromatic N) is 4. The number of unbranched alkanes of at least 4 members (excludes halogenated alkanes) is 2. The van der Waals surface area contributed by atoms with Gasteiger partial charge in [-0.25, -0.2) is 0 Å². The minimum atomic E-state index is -0.432. The van der Waals surface area contributed by atoms with Crippen LogP contribution in [0.5, 0.6) is 0 Å². The number of imide groups is 2. The van der Waals surface area contributed by atoms with Crippen LogP contribution in [-0.2, 0) is 0 Å². The van der Waals surface area contributed by atoms with Gasteiger partial charge in [0.25, 0.3) is 23.6 Å². The van der Waals surface area contributed by atoms with Gasteiger partial charge in [-0.15, -0.1) is 46.4 Å². The van der Waals surface area contributed by atoms with Crippen LogP contribution >= 0.6 is 46.4 Å². The van der Waals surface area contributed by atoms with E-state index < -0.39 is 23.6 Å². The first-order valence-corrected chi connectivity index (χ1v) is 20.4. The van der Waals surface area contributed by atoms with E-state index in [-0.39, 0.29) is 59.6 Å². The predicted molar refractivity (Wildman–Crippen MR) is 209 cm³/mol. The summed E-state index contributed by atoms with van der Waals surface area (Å²) < 4.78 is 0. The number of hydrogen-bond donors (Lipinski definition) is 0. The zero-order valence-corrected chi connectivity index (χ0v) is 33.0. The van der Waals surface area contributed by atoms with Crippen molar-refractivity contribution < 1.29 is 19.2 Å². The molecule has 12 heteroatoms. The van der Waals surface area contributed by atoms with Crippen molar-refractivity contribution in [3.05, 3.63) is 34.4 Å². The molecule has 50 heavy (non-hydrogen) atoms. The van der Waals surface area contributed by atoms with Crippen molar-refractivity contribution >= 4 is 92.2 Å². The van der Waals surface area contributed by atoms with E-state index in [0.29, 0.717) is 59.5 Å². The molecule has 0 N–H and O–H groups in total. The molecule has 0 aromatic heterocycles. The molecule has 2 aromatic carbocycles. The fraction of sp³-hybridized carbons (Fsp3) is 0.632. The Kier molecular flexibility index (Phi) is 15.4. The van der Waals surface area contributed by atoms with Crippen molar-refractivity contribution in [2.75, 3.05) is 72.6 Å². The first-order valence-electron chi connectivity index (χ1n) is 18.3. The normalized spacial score (nSPS) is 15.4. The Morgan fingerprint density at radius 3 is 1.18 bits per heavy atom. The van der Waals surface area contributed by atoms with E-state index in [2.05, 4.69) is 27.7 Å². The van der Waals surface area contributed by atoms with E-state index in [0.717, 1.165) is 51.4 Å². The number of rotatable bonds is 22. The van der Waals surface area contributed by atoms with Gasteiger partial charge in [0.15, 0.2) is 0 Å². The van der Waals surface area contributed by atoms with Gasteiger partial charge in [0.1, 0.15) is 0 Å². The molecule has 2 aliphatic heterocycles. The molecule has 0 bridgehead atoms. The number of alkyl halides is 4. The molecule has 0 aliphatic carbocycles. The molecule has 2 heterocycles. The number of benzene rings is 2. The molecule has 8 nitrogen and oxygen atoms in total. The van der Waals surface area contributed by atoms with E-state index in [1.807, 2.05) is 9.80 Å². The van der Waals surface area contributed by atoms with Crippen LogP contribution < -0.4 is 9.80 Å². The van der Waals surface area contributed by atoms with E-state index in [4.69, 9.17) is 46.4 Å². The highest BCUT2D eigenvalue weighted by Crippen LogP contribution is 2.46. The van der Waals surface area contributed by atoms with Gasteiger partial charge in [0, 0.05) is 73.6 Å². The molecule has 276 valence electrons. The van der Waals surface area contributed by atoms with Gasteiger partial charge >= 0.3 is 0 Å². The van der Waals surface area contributed by atoms with Crippen LogP contribution in [0, 0.1) is 11.8 Å². The zero-order valence-electron chi connectivity index (χ0n) is 30.0. The number of hydrogen-bond acceptors (Lipinski definition) is 6. The molecular weight excluding hydrogens is 718 g/mol. The quantitative estimate of drug-likeness (QED) is 0.0879. The van der Waals surface area contributed by atoms with Crippen LogP contribution in [0.15, 0.2) is 12.1 Å². The summed E-state index contributed by atoms with van der Waals surface area (Å²) >= 11 is 25.2. The zero-order chi connectivity index (χ0) is 36.5. The van der Waals surface area contributed by atoms with Crippen molar-refractivity contribution in [1.29, 1.82) is 0 Å². The SMILES string of the molecule is CCCCC(CC)CN1C(=O)c2cc(N(CCCl)CCCl)c3c4c(cc(N(CCCl)CCCl)c(c24)C1=O)C(=O)N(CC(CC)CCCC)C3=O. The Morgan fingerprint density at radius 1 is 0.560 bits per heavy atom. The van der Waals surface area contributed by atoms with Crippen LogP contribution in [-0.4, -0.2) is 96.2 Å². The summed E-state index contributed by atoms with van der Waals surface area (Å²) in [4.78, 5) is 65.2. The third-order valence-electron chi connectivity index (χ3n) is 10.3. The molecule has 2 unspecified atom stereocenters. The summed E-state index contributed by atoms with van der Waals surface area (Å²) in [6.45, 7) is 10.4. The molecule has 4 amide bonds. The molecule has 0 saturated heterocycles. The molecule has 0 radical (unpaired) electrons. The second-order valence-electron chi connectivity index (χ2n) is 13.4. The van der Waals surface area contributed by atoms with Crippen molar-refractivity contribution in [3.8, 4) is 0 Å². The lowest BCUT2D eigenvalue weighted by Gasteiger charge is -2.39. The average Bonchev–Trinajstić information content (AvgIpc) is 3.11. The second kappa shape index (κ2) is 19.0. The fourth-order valence-corrected chi connectivity index (χ4v) is 8.23. The Bertz CT molecular complexity index is 1430. The smallest absolute Gasteiger partial charge is 0.263 e. The van der Waals surface area contributed by atoms with Gasteiger partial charge in [-0.05, 0) is 36.8 Å². The van der Waals surface area contributed by atoms with Crippen LogP contribution in [0.3, 0.4) is 0 Å². The van der Waals surface area contributed by atoms with Crippen LogP contribution in [0.25, 0.3) is 10.8 Å². The second-order valence-corrected chi connectivity index (χ2v) is 14.9. The number of halogens is 4. The summed E-state index contributed by atoms with van der Waals surface area (Å²) in [5, 5.41) is 0.684. The maximum atomic E-state index is 14.7. The highest BCUT2D eigenvalue weighted by Gasteiger charge is 2.44. The summed E-state index contributed by atoms with van der Waals surface area (Å²) in [7, 11) is 0. The molecular formula is C38H52Cl4N4O4. The monoisotopic (exact) mass is 768 g/mol. The van der Waals surface area contributed by atoms with Crippen LogP contribution in [0.4, 0.5) is 11.4 Å². The number of carbonyl (C=O) groups excluding carboxylic acids is 4. The summed E-state index contributed by atoms with van der Waals surface area (Å²) in [5.41, 5.74) is 2.17. The van der Waals surface area contributed by atoms with Gasteiger partial charge in [0.05, 0.1) is 33.6 Å². The number of carbonyl (C=O) groups is 4. The number of anilines is 2. The van der Waals surface area contributed by atoms with Gasteiger partial charge in [-0.1, -0.05) is 66.2 Å². The number of amides is 4. The molecule has 0 saturated carbocycles. The Hall–Kier alpha value is -2.26. The Balaban J connectivity index is 2.10. The maximum absolute atomic E-state index is 14.7. The summed E-state index contributed by atoms with van der Waals surface area (Å²) in [6.07, 6.45) is 7.42. The van der Waals surface area contributed by atoms with Crippen LogP contribution in [0.2, 0.25) is 0 Å². The molecule has 0 spiro atoms. The maximum Gasteiger partial charge on any atom is 0.263 e. The van der Waals surface area contributed by atoms with Crippen molar-refractivity contribution in [2.24, 2.45) is 11.8 Å². The van der Waals surface area contributed by atoms with E-state index in [1.165, 1.54) is 9.80 Å². The first-order chi connectivity index (χ1) is 24.2. The van der Waals surface area contributed by atoms with E-state index in [1.54, 1.807) is 12.1 Å². The third kappa shape index (κ3) is 8.19. The molecule has 2 aliphatic rings. The largest absolute Gasteiger partial charge is 0.368 e. The molecule has 0 fully saturated rings. The van der Waals surface area contributed by atoms with Gasteiger partial charge in [0.2, 0.25) is 0 Å². The minimum absolute atomic E-state index is 0.127. The molecule has 2 aromatic rings. The summed E-state index contributed by atoms with van der Waals surface area (Å²) in [5.74, 6) is -0.448. The van der Waals surface area contributed by atoms with E-state index >= 15 is 0 Å². The lowest BCUT2D eigenvalue weighted by molar-refractivity contribution is 0.0559. The van der Waals surface area contributed by atoms with Gasteiger partial charge in [-0.3, -0.25) is 29.0 Å². The summed E-state index contributed by atoms with van der Waals surface area (Å²) in [6, 6.07) is 3.46. The average molecular weight is 771 g/mol. The van der Waals surface area contributed by atoms with Gasteiger partial charge < -0.3 is 9.80 Å². The van der Waals surface area contributed by atoms with Crippen molar-refractivity contribution in [1.82, 2.24) is 9.80 Å². The first kappa shape index (κ1) is 40.5. The van der Waals surface area contributed by atoms with E-state index in [9.17, 15) is 19.2 Å². The Morgan fingerprint density at radius 2 is 0.900 bits per heavy atom. The third-order valence-corrected chi connectivity index (χ3v) is 11.0. The fourth-order valence-electron chi connectivity index (χ4n) is 7.42. The lowest BCUT2D eigenvalue weighted by atomic mass is 9.82. The predicted octanol–water partition coefficient (Wildman–Crippen LogP) is 9.03. The van der Waals surface area contributed by atoms with Crippen LogP contribution in [0.1, 0.15) is 120 Å². The highest BCUT2D eigenvalue weighted by atomic mass is 35.5. The molecule has 4 rings (SSSR count). The van der Waals surface area contributed by atoms with Crippen molar-refractivity contribution in [2.45, 2.75) is 79.1 Å². The standard InChI is InChI=1S/C38H52Cl4N4O4/c1-5-9-11-25(7-3)23-45-35(47)27-21-30(44(19-15-41)20-16-42)34-32-28(36(48)46(38(34)50)24-26(8-4)12-10-6-2)22-29(33(31(27)32)37(45)49)43(17-13-39)18-14-40/h21-22,25-26H,5-20,23-24H2,1-4H3. The van der Waals surface area contributed by atoms with Crippen molar-refractivity contribution in [3.63, 3.8) is 0 Å². The molecule has 2 atom stereocenters. The highest BCUT2D eigenvalue weighted by molar-refractivity contribution is 6.36.